The average molecular weight is 276 g/mol. The number of halogens is 4. The van der Waals surface area contributed by atoms with Gasteiger partial charge in [-0.2, -0.15) is 0 Å². The predicted molar refractivity (Wildman–Crippen MR) is 59.1 cm³/mol. The molecule has 78 valence electrons. The Bertz CT molecular complexity index is 314. The second-order valence-electron chi connectivity index (χ2n) is 2.37. The van der Waals surface area contributed by atoms with Gasteiger partial charge < -0.3 is 9.84 Å². The summed E-state index contributed by atoms with van der Waals surface area (Å²) < 4.78 is 5.10. The molecule has 0 fully saturated rings. The molecule has 0 saturated carbocycles. The molecule has 0 radical (unpaired) electrons. The van der Waals surface area contributed by atoms with Crippen molar-refractivity contribution in [1.29, 1.82) is 0 Å². The Morgan fingerprint density at radius 3 is 2.00 bits per heavy atom. The maximum Gasteiger partial charge on any atom is 0.159 e. The summed E-state index contributed by atoms with van der Waals surface area (Å²) in [6.45, 7) is -0.0626. The van der Waals surface area contributed by atoms with Crippen LogP contribution in [0.25, 0.3) is 0 Å². The molecule has 0 aliphatic carbocycles. The fourth-order valence-electron chi connectivity index (χ4n) is 0.826. The van der Waals surface area contributed by atoms with Crippen molar-refractivity contribution in [3.05, 3.63) is 26.2 Å². The number of benzene rings is 1. The molecule has 1 aromatic carbocycles. The van der Waals surface area contributed by atoms with E-state index < -0.39 is 0 Å². The molecule has 0 heterocycles. The van der Waals surface area contributed by atoms with E-state index in [2.05, 4.69) is 0 Å². The Balaban J connectivity index is 3.11. The highest BCUT2D eigenvalue weighted by atomic mass is 35.5. The van der Waals surface area contributed by atoms with Crippen LogP contribution >= 0.6 is 46.4 Å². The minimum atomic E-state index is -0.142. The molecule has 0 aliphatic heterocycles. The number of aliphatic hydroxyl groups is 1. The van der Waals surface area contributed by atoms with Gasteiger partial charge in [-0.25, -0.2) is 0 Å². The third kappa shape index (κ3) is 2.59. The van der Waals surface area contributed by atoms with E-state index in [1.54, 1.807) is 0 Å². The highest BCUT2D eigenvalue weighted by Crippen LogP contribution is 2.42. The van der Waals surface area contributed by atoms with E-state index >= 15 is 0 Å². The van der Waals surface area contributed by atoms with Gasteiger partial charge >= 0.3 is 0 Å². The SMILES string of the molecule is OCCOc1c(Cl)c(Cl)cc(Cl)c1Cl. The predicted octanol–water partition coefficient (Wildman–Crippen LogP) is 3.67. The lowest BCUT2D eigenvalue weighted by Crippen LogP contribution is -2.02. The summed E-state index contributed by atoms with van der Waals surface area (Å²) in [6, 6.07) is 1.43. The van der Waals surface area contributed by atoms with Crippen molar-refractivity contribution in [2.75, 3.05) is 13.2 Å². The van der Waals surface area contributed by atoms with Gasteiger partial charge in [0.1, 0.15) is 16.7 Å². The molecule has 0 aromatic heterocycles. The fourth-order valence-corrected chi connectivity index (χ4v) is 1.73. The standard InChI is InChI=1S/C8H6Cl4O2/c9-4-3-5(10)7(12)8(6(4)11)14-2-1-13/h3,13H,1-2H2. The van der Waals surface area contributed by atoms with Gasteiger partial charge in [0.15, 0.2) is 5.75 Å². The van der Waals surface area contributed by atoms with Crippen LogP contribution in [0.15, 0.2) is 6.07 Å². The molecule has 14 heavy (non-hydrogen) atoms. The summed E-state index contributed by atoms with van der Waals surface area (Å²) in [5.41, 5.74) is 0. The zero-order chi connectivity index (χ0) is 10.7. The maximum absolute atomic E-state index is 8.57. The minimum Gasteiger partial charge on any atom is -0.488 e. The molecule has 2 nitrogen and oxygen atoms in total. The molecular formula is C8H6Cl4O2. The third-order valence-corrected chi connectivity index (χ3v) is 2.95. The molecule has 0 aliphatic rings. The van der Waals surface area contributed by atoms with Crippen LogP contribution in [0.1, 0.15) is 0 Å². The smallest absolute Gasteiger partial charge is 0.159 e. The third-order valence-electron chi connectivity index (χ3n) is 1.41. The van der Waals surface area contributed by atoms with Gasteiger partial charge in [-0.15, -0.1) is 0 Å². The van der Waals surface area contributed by atoms with Crippen LogP contribution < -0.4 is 4.74 Å². The summed E-state index contributed by atoms with van der Waals surface area (Å²) in [5, 5.41) is 9.47. The van der Waals surface area contributed by atoms with Crippen molar-refractivity contribution >= 4 is 46.4 Å². The van der Waals surface area contributed by atoms with Crippen LogP contribution in [0.4, 0.5) is 0 Å². The van der Waals surface area contributed by atoms with Gasteiger partial charge in [-0.1, -0.05) is 46.4 Å². The summed E-state index contributed by atoms with van der Waals surface area (Å²) in [4.78, 5) is 0. The zero-order valence-electron chi connectivity index (χ0n) is 6.86. The van der Waals surface area contributed by atoms with Crippen molar-refractivity contribution in [2.45, 2.75) is 0 Å². The Hall–Kier alpha value is 0.140. The Labute approximate surface area is 101 Å². The highest BCUT2D eigenvalue weighted by molar-refractivity contribution is 6.48. The van der Waals surface area contributed by atoms with Crippen LogP contribution in [0.3, 0.4) is 0 Å². The second-order valence-corrected chi connectivity index (χ2v) is 3.94. The van der Waals surface area contributed by atoms with Crippen LogP contribution in [0.5, 0.6) is 5.75 Å². The van der Waals surface area contributed by atoms with Crippen LogP contribution in [0, 0.1) is 0 Å². The van der Waals surface area contributed by atoms with Crippen molar-refractivity contribution in [3.8, 4) is 5.75 Å². The quantitative estimate of drug-likeness (QED) is 0.853. The molecule has 0 spiro atoms. The number of hydrogen-bond donors (Lipinski definition) is 1. The van der Waals surface area contributed by atoms with Gasteiger partial charge in [0.05, 0.1) is 16.7 Å². The topological polar surface area (TPSA) is 29.5 Å². The summed E-state index contributed by atoms with van der Waals surface area (Å²) in [5.74, 6) is 0.194. The first kappa shape index (κ1) is 12.2. The molecule has 0 saturated heterocycles. The first-order valence-corrected chi connectivity index (χ1v) is 5.15. The van der Waals surface area contributed by atoms with Gasteiger partial charge in [0, 0.05) is 0 Å². The van der Waals surface area contributed by atoms with Crippen molar-refractivity contribution < 1.29 is 9.84 Å². The first-order chi connectivity index (χ1) is 6.57. The van der Waals surface area contributed by atoms with E-state index in [0.29, 0.717) is 0 Å². The van der Waals surface area contributed by atoms with Gasteiger partial charge in [0.25, 0.3) is 0 Å². The molecule has 1 N–H and O–H groups in total. The maximum atomic E-state index is 8.57. The van der Waals surface area contributed by atoms with E-state index in [-0.39, 0.29) is 39.1 Å². The lowest BCUT2D eigenvalue weighted by molar-refractivity contribution is 0.201. The number of rotatable bonds is 3. The van der Waals surface area contributed by atoms with Crippen molar-refractivity contribution in [3.63, 3.8) is 0 Å². The highest BCUT2D eigenvalue weighted by Gasteiger charge is 2.14. The zero-order valence-corrected chi connectivity index (χ0v) is 9.88. The Morgan fingerprint density at radius 2 is 1.57 bits per heavy atom. The van der Waals surface area contributed by atoms with Gasteiger partial charge in [-0.05, 0) is 6.07 Å². The van der Waals surface area contributed by atoms with Crippen LogP contribution in [-0.2, 0) is 0 Å². The molecule has 1 rings (SSSR count). The summed E-state index contributed by atoms with van der Waals surface area (Å²) >= 11 is 23.2. The average Bonchev–Trinajstić information content (AvgIpc) is 2.15. The van der Waals surface area contributed by atoms with E-state index in [4.69, 9.17) is 56.2 Å². The molecule has 0 atom stereocenters. The molecule has 6 heteroatoms. The van der Waals surface area contributed by atoms with Crippen LogP contribution in [0.2, 0.25) is 20.1 Å². The number of aliphatic hydroxyl groups excluding tert-OH is 1. The van der Waals surface area contributed by atoms with E-state index in [1.165, 1.54) is 6.07 Å². The van der Waals surface area contributed by atoms with Crippen molar-refractivity contribution in [2.24, 2.45) is 0 Å². The second kappa shape index (κ2) is 5.29. The molecular weight excluding hydrogens is 270 g/mol. The summed E-state index contributed by atoms with van der Waals surface area (Å²) in [7, 11) is 0. The number of ether oxygens (including phenoxy) is 1. The molecule has 0 bridgehead atoms. The first-order valence-electron chi connectivity index (χ1n) is 3.64. The molecule has 1 aromatic rings. The largest absolute Gasteiger partial charge is 0.488 e. The summed E-state index contributed by atoms with van der Waals surface area (Å²) in [6.07, 6.45) is 0. The normalized spacial score (nSPS) is 10.4. The number of hydrogen-bond acceptors (Lipinski definition) is 2. The van der Waals surface area contributed by atoms with Gasteiger partial charge in [-0.3, -0.25) is 0 Å². The Morgan fingerprint density at radius 1 is 1.07 bits per heavy atom. The van der Waals surface area contributed by atoms with Crippen molar-refractivity contribution in [1.82, 2.24) is 0 Å². The van der Waals surface area contributed by atoms with E-state index in [9.17, 15) is 0 Å². The lowest BCUT2D eigenvalue weighted by atomic mass is 10.3. The molecule has 0 amide bonds. The fraction of sp³-hybridized carbons (Fsp3) is 0.250. The van der Waals surface area contributed by atoms with E-state index in [1.807, 2.05) is 0 Å². The minimum absolute atomic E-state index is 0.0795. The molecule has 0 unspecified atom stereocenters. The Kier molecular flexibility index (Phi) is 4.61. The van der Waals surface area contributed by atoms with Crippen LogP contribution in [-0.4, -0.2) is 18.3 Å². The van der Waals surface area contributed by atoms with E-state index in [0.717, 1.165) is 0 Å². The van der Waals surface area contributed by atoms with Gasteiger partial charge in [0.2, 0.25) is 0 Å². The lowest BCUT2D eigenvalue weighted by Gasteiger charge is -2.10. The monoisotopic (exact) mass is 274 g/mol.